The Morgan fingerprint density at radius 3 is 2.59 bits per heavy atom. The summed E-state index contributed by atoms with van der Waals surface area (Å²) < 4.78 is 37.7. The van der Waals surface area contributed by atoms with Crippen molar-refractivity contribution in [3.05, 3.63) is 24.0 Å². The average molecular weight is 245 g/mol. The lowest BCUT2D eigenvalue weighted by Gasteiger charge is -2.36. The van der Waals surface area contributed by atoms with E-state index in [4.69, 9.17) is 0 Å². The van der Waals surface area contributed by atoms with Gasteiger partial charge in [-0.3, -0.25) is 0 Å². The van der Waals surface area contributed by atoms with Crippen LogP contribution in [0.25, 0.3) is 0 Å². The van der Waals surface area contributed by atoms with Gasteiger partial charge in [0.25, 0.3) is 0 Å². The predicted octanol–water partition coefficient (Wildman–Crippen LogP) is 2.45. The molecule has 0 saturated carbocycles. The molecule has 17 heavy (non-hydrogen) atoms. The minimum Gasteiger partial charge on any atom is -0.358 e. The molecule has 5 heteroatoms. The van der Waals surface area contributed by atoms with Crippen LogP contribution in [0.4, 0.5) is 13.2 Å². The monoisotopic (exact) mass is 245 g/mol. The van der Waals surface area contributed by atoms with E-state index >= 15 is 0 Å². The number of piperidine rings is 1. The smallest absolute Gasteiger partial charge is 0.358 e. The highest BCUT2D eigenvalue weighted by atomic mass is 19.4. The molecule has 0 aromatic carbocycles. The number of hydrogen-bond acceptors (Lipinski definition) is 2. The minimum atomic E-state index is -4.24. The second kappa shape index (κ2) is 4.63. The molecule has 1 atom stereocenters. The zero-order valence-electron chi connectivity index (χ0n) is 9.72. The van der Waals surface area contributed by atoms with Crippen molar-refractivity contribution in [1.82, 2.24) is 10.2 Å². The van der Waals surface area contributed by atoms with Gasteiger partial charge in [0.15, 0.2) is 0 Å². The molecule has 0 amide bonds. The number of hydrogen-bond donors (Lipinski definition) is 1. The second-order valence-electron chi connectivity index (χ2n) is 4.69. The minimum absolute atomic E-state index is 0.474. The van der Waals surface area contributed by atoms with Crippen LogP contribution in [0.15, 0.2) is 18.0 Å². The van der Waals surface area contributed by atoms with E-state index in [1.54, 1.807) is 0 Å². The Morgan fingerprint density at radius 1 is 1.35 bits per heavy atom. The molecule has 95 valence electrons. The molecule has 2 rings (SSSR count). The van der Waals surface area contributed by atoms with Gasteiger partial charge in [0.2, 0.25) is 0 Å². The van der Waals surface area contributed by atoms with Gasteiger partial charge in [0.05, 0.1) is 0 Å². The van der Waals surface area contributed by atoms with Gasteiger partial charge in [-0.2, -0.15) is 13.2 Å². The molecule has 2 nitrogen and oxygen atoms in total. The van der Waals surface area contributed by atoms with E-state index in [2.05, 4.69) is 18.3 Å². The van der Waals surface area contributed by atoms with Crippen LogP contribution in [0.2, 0.25) is 0 Å². The lowest BCUT2D eigenvalue weighted by atomic mass is 9.99. The van der Waals surface area contributed by atoms with Crippen molar-refractivity contribution in [3.63, 3.8) is 0 Å². The molecule has 2 heterocycles. The Bertz CT molecular complexity index is 325. The molecule has 1 fully saturated rings. The van der Waals surface area contributed by atoms with Gasteiger partial charge in [-0.25, -0.2) is 0 Å². The van der Waals surface area contributed by atoms with Gasteiger partial charge >= 0.3 is 6.18 Å². The van der Waals surface area contributed by atoms with Gasteiger partial charge in [0, 0.05) is 19.2 Å². The Morgan fingerprint density at radius 2 is 2.00 bits per heavy atom. The van der Waals surface area contributed by atoms with Crippen LogP contribution in [0.5, 0.6) is 0 Å². The van der Waals surface area contributed by atoms with E-state index in [1.165, 1.54) is 6.08 Å². The molecule has 0 aromatic rings. The van der Waals surface area contributed by atoms with Crippen molar-refractivity contribution in [1.29, 1.82) is 0 Å². The van der Waals surface area contributed by atoms with E-state index in [0.717, 1.165) is 32.0 Å². The summed E-state index contributed by atoms with van der Waals surface area (Å²) >= 11 is 0. The first-order valence-electron chi connectivity index (χ1n) is 5.85. The van der Waals surface area contributed by atoms with E-state index in [-0.39, 0.29) is 0 Å². The lowest BCUT2D eigenvalue weighted by molar-refractivity contribution is -0.144. The molecular formula is C12H16F3N2. The van der Waals surface area contributed by atoms with Crippen molar-refractivity contribution < 1.29 is 13.2 Å². The summed E-state index contributed by atoms with van der Waals surface area (Å²) in [6, 6.07) is -1.59. The van der Waals surface area contributed by atoms with Crippen LogP contribution in [0, 0.1) is 12.0 Å². The van der Waals surface area contributed by atoms with Crippen LogP contribution >= 0.6 is 0 Å². The fourth-order valence-electron chi connectivity index (χ4n) is 2.07. The van der Waals surface area contributed by atoms with E-state index in [9.17, 15) is 13.2 Å². The first kappa shape index (κ1) is 12.3. The summed E-state index contributed by atoms with van der Waals surface area (Å²) in [6.07, 6.45) is 3.11. The number of nitrogens with zero attached hydrogens (tertiary/aromatic N) is 1. The SMILES string of the molecule is CC1CCN(C2=[C]C=CC(C(F)(F)F)N2)CC1. The van der Waals surface area contributed by atoms with Crippen LogP contribution in [0.1, 0.15) is 19.8 Å². The first-order chi connectivity index (χ1) is 7.97. The quantitative estimate of drug-likeness (QED) is 0.763. The third-order valence-electron chi connectivity index (χ3n) is 3.25. The number of allylic oxidation sites excluding steroid dienone is 2. The van der Waals surface area contributed by atoms with Gasteiger partial charge in [-0.1, -0.05) is 19.1 Å². The van der Waals surface area contributed by atoms with E-state index < -0.39 is 12.2 Å². The van der Waals surface area contributed by atoms with Gasteiger partial charge in [-0.15, -0.1) is 0 Å². The number of rotatable bonds is 1. The summed E-state index contributed by atoms with van der Waals surface area (Å²) in [5, 5.41) is 2.50. The molecule has 1 radical (unpaired) electrons. The summed E-state index contributed by atoms with van der Waals surface area (Å²) in [4.78, 5) is 1.95. The number of likely N-dealkylation sites (tertiary alicyclic amines) is 1. The molecule has 1 unspecified atom stereocenters. The largest absolute Gasteiger partial charge is 0.412 e. The Hall–Kier alpha value is -1.13. The Labute approximate surface area is 99.2 Å². The van der Waals surface area contributed by atoms with Crippen molar-refractivity contribution in [2.75, 3.05) is 13.1 Å². The third kappa shape index (κ3) is 2.96. The topological polar surface area (TPSA) is 15.3 Å². The molecular weight excluding hydrogens is 229 g/mol. The number of nitrogens with one attached hydrogen (secondary N) is 1. The molecule has 2 aliphatic heterocycles. The molecule has 2 aliphatic rings. The normalized spacial score (nSPS) is 26.7. The van der Waals surface area contributed by atoms with Crippen LogP contribution in [0.3, 0.4) is 0 Å². The van der Waals surface area contributed by atoms with Crippen molar-refractivity contribution in [2.24, 2.45) is 5.92 Å². The zero-order valence-corrected chi connectivity index (χ0v) is 9.72. The second-order valence-corrected chi connectivity index (χ2v) is 4.69. The molecule has 0 aromatic heterocycles. The van der Waals surface area contributed by atoms with Gasteiger partial charge in [-0.05, 0) is 18.8 Å². The highest BCUT2D eigenvalue weighted by Gasteiger charge is 2.39. The van der Waals surface area contributed by atoms with Gasteiger partial charge in [0.1, 0.15) is 11.9 Å². The molecule has 0 aliphatic carbocycles. The lowest BCUT2D eigenvalue weighted by Crippen LogP contribution is -2.47. The summed E-state index contributed by atoms with van der Waals surface area (Å²) in [6.45, 7) is 3.77. The van der Waals surface area contributed by atoms with Crippen LogP contribution < -0.4 is 5.32 Å². The standard InChI is InChI=1S/C12H16F3N2/c1-9-5-7-17(8-6-9)11-4-2-3-10(16-11)12(13,14)15/h2-3,9-10,16H,5-8H2,1H3. The average Bonchev–Trinajstić information content (AvgIpc) is 2.29. The molecule has 0 bridgehead atoms. The van der Waals surface area contributed by atoms with Gasteiger partial charge < -0.3 is 10.2 Å². The molecule has 0 spiro atoms. The summed E-state index contributed by atoms with van der Waals surface area (Å²) in [5.41, 5.74) is 0. The van der Waals surface area contributed by atoms with Crippen molar-refractivity contribution >= 4 is 0 Å². The fourth-order valence-corrected chi connectivity index (χ4v) is 2.07. The maximum Gasteiger partial charge on any atom is 0.412 e. The molecule has 1 N–H and O–H groups in total. The summed E-state index contributed by atoms with van der Waals surface area (Å²) in [5.74, 6) is 1.13. The fraction of sp³-hybridized carbons (Fsp3) is 0.667. The summed E-state index contributed by atoms with van der Waals surface area (Å²) in [7, 11) is 0. The Kier molecular flexibility index (Phi) is 3.35. The van der Waals surface area contributed by atoms with Crippen LogP contribution in [-0.2, 0) is 0 Å². The zero-order chi connectivity index (χ0) is 12.5. The van der Waals surface area contributed by atoms with E-state index in [0.29, 0.717) is 11.7 Å². The predicted molar refractivity (Wildman–Crippen MR) is 58.8 cm³/mol. The van der Waals surface area contributed by atoms with Crippen LogP contribution in [-0.4, -0.2) is 30.2 Å². The number of dihydropyridines is 1. The first-order valence-corrected chi connectivity index (χ1v) is 5.85. The highest BCUT2D eigenvalue weighted by Crippen LogP contribution is 2.26. The van der Waals surface area contributed by atoms with E-state index in [1.807, 2.05) is 4.90 Å². The number of alkyl halides is 3. The number of halogens is 3. The highest BCUT2D eigenvalue weighted by molar-refractivity contribution is 5.16. The third-order valence-corrected chi connectivity index (χ3v) is 3.25. The Balaban J connectivity index is 1.99. The van der Waals surface area contributed by atoms with Crippen molar-refractivity contribution in [2.45, 2.75) is 32.0 Å². The van der Waals surface area contributed by atoms with Crippen molar-refractivity contribution in [3.8, 4) is 0 Å². The molecule has 1 saturated heterocycles. The maximum absolute atomic E-state index is 12.6. The maximum atomic E-state index is 12.6.